The summed E-state index contributed by atoms with van der Waals surface area (Å²) in [4.78, 5) is 36.0. The second-order valence-electron chi connectivity index (χ2n) is 7.94. The smallest absolute Gasteiger partial charge is 0.329 e. The maximum atomic E-state index is 12.7. The minimum Gasteiger partial charge on any atom is -0.497 e. The van der Waals surface area contributed by atoms with Gasteiger partial charge in [-0.25, -0.2) is 4.79 Å². The van der Waals surface area contributed by atoms with Crippen molar-refractivity contribution in [1.29, 1.82) is 0 Å². The van der Waals surface area contributed by atoms with Crippen LogP contribution in [0, 0.1) is 0 Å². The molecule has 1 saturated heterocycles. The number of nitrogens with one attached hydrogen (secondary N) is 1. The Hall–Kier alpha value is -3.31. The first-order chi connectivity index (χ1) is 15.4. The summed E-state index contributed by atoms with van der Waals surface area (Å²) in [6.45, 7) is 3.27. The van der Waals surface area contributed by atoms with E-state index in [9.17, 15) is 14.7 Å². The zero-order valence-electron chi connectivity index (χ0n) is 18.4. The zero-order chi connectivity index (χ0) is 22.8. The summed E-state index contributed by atoms with van der Waals surface area (Å²) in [5.41, 5.74) is -0.514. The van der Waals surface area contributed by atoms with Crippen LogP contribution < -0.4 is 25.6 Å². The summed E-state index contributed by atoms with van der Waals surface area (Å²) in [6.07, 6.45) is -0.905. The van der Waals surface area contributed by atoms with E-state index in [1.54, 1.807) is 43.0 Å². The normalized spacial score (nSPS) is 15.8. The third kappa shape index (κ3) is 4.34. The SMILES string of the molecule is COc1ccc(OCC(O)Cn2c(N3CCN(C)CC3)nc3c2c(=O)[nH]c(=O)n3C)cc1. The number of fused-ring (bicyclic) bond motifs is 1. The Morgan fingerprint density at radius 2 is 1.75 bits per heavy atom. The number of methoxy groups -OCH3 is 1. The van der Waals surface area contributed by atoms with Gasteiger partial charge in [-0.1, -0.05) is 0 Å². The van der Waals surface area contributed by atoms with E-state index in [-0.39, 0.29) is 24.3 Å². The third-order valence-corrected chi connectivity index (χ3v) is 5.67. The van der Waals surface area contributed by atoms with E-state index < -0.39 is 17.4 Å². The number of hydrogen-bond donors (Lipinski definition) is 2. The van der Waals surface area contributed by atoms with Crippen LogP contribution in [0.4, 0.5) is 5.95 Å². The molecule has 2 N–H and O–H groups in total. The quantitative estimate of drug-likeness (QED) is 0.507. The van der Waals surface area contributed by atoms with Gasteiger partial charge in [0.25, 0.3) is 5.56 Å². The van der Waals surface area contributed by atoms with Gasteiger partial charge in [0, 0.05) is 33.2 Å². The molecule has 1 aromatic carbocycles. The fourth-order valence-electron chi connectivity index (χ4n) is 3.77. The van der Waals surface area contributed by atoms with Crippen LogP contribution in [0.2, 0.25) is 0 Å². The molecule has 3 heterocycles. The summed E-state index contributed by atoms with van der Waals surface area (Å²) in [5.74, 6) is 1.87. The molecule has 11 heteroatoms. The summed E-state index contributed by atoms with van der Waals surface area (Å²) in [6, 6.07) is 7.07. The van der Waals surface area contributed by atoms with Gasteiger partial charge in [0.05, 0.1) is 13.7 Å². The second-order valence-corrected chi connectivity index (χ2v) is 7.94. The molecule has 1 atom stereocenters. The van der Waals surface area contributed by atoms with Crippen LogP contribution in [-0.2, 0) is 13.6 Å². The number of hydrogen-bond acceptors (Lipinski definition) is 8. The van der Waals surface area contributed by atoms with Gasteiger partial charge >= 0.3 is 5.69 Å². The molecule has 1 fully saturated rings. The molecule has 11 nitrogen and oxygen atoms in total. The largest absolute Gasteiger partial charge is 0.497 e. The van der Waals surface area contributed by atoms with Crippen LogP contribution >= 0.6 is 0 Å². The number of anilines is 1. The Balaban J connectivity index is 1.62. The van der Waals surface area contributed by atoms with Gasteiger partial charge in [-0.2, -0.15) is 4.98 Å². The molecule has 1 aliphatic rings. The number of nitrogens with zero attached hydrogens (tertiary/aromatic N) is 5. The number of ether oxygens (including phenoxy) is 2. The molecule has 32 heavy (non-hydrogen) atoms. The summed E-state index contributed by atoms with van der Waals surface area (Å²) < 4.78 is 13.8. The van der Waals surface area contributed by atoms with E-state index in [4.69, 9.17) is 9.47 Å². The maximum Gasteiger partial charge on any atom is 0.329 e. The zero-order valence-corrected chi connectivity index (χ0v) is 18.4. The maximum absolute atomic E-state index is 12.7. The van der Waals surface area contributed by atoms with Gasteiger partial charge in [-0.05, 0) is 31.3 Å². The summed E-state index contributed by atoms with van der Waals surface area (Å²) in [5, 5.41) is 10.7. The lowest BCUT2D eigenvalue weighted by atomic mass is 10.3. The van der Waals surface area contributed by atoms with Crippen LogP contribution in [0.5, 0.6) is 11.5 Å². The highest BCUT2D eigenvalue weighted by Crippen LogP contribution is 2.22. The van der Waals surface area contributed by atoms with E-state index in [1.807, 2.05) is 0 Å². The summed E-state index contributed by atoms with van der Waals surface area (Å²) >= 11 is 0. The minimum atomic E-state index is -0.905. The number of aromatic amines is 1. The molecule has 4 rings (SSSR count). The first-order valence-electron chi connectivity index (χ1n) is 10.5. The van der Waals surface area contributed by atoms with Crippen molar-refractivity contribution in [2.45, 2.75) is 12.6 Å². The Bertz CT molecular complexity index is 1190. The second kappa shape index (κ2) is 9.05. The van der Waals surface area contributed by atoms with Crippen LogP contribution in [0.15, 0.2) is 33.9 Å². The number of likely N-dealkylation sites (N-methyl/N-ethyl adjacent to an activating group) is 1. The van der Waals surface area contributed by atoms with E-state index in [2.05, 4.69) is 26.8 Å². The van der Waals surface area contributed by atoms with Gasteiger partial charge in [-0.3, -0.25) is 14.3 Å². The van der Waals surface area contributed by atoms with E-state index >= 15 is 0 Å². The Morgan fingerprint density at radius 1 is 1.09 bits per heavy atom. The Labute approximate surface area is 184 Å². The fourth-order valence-corrected chi connectivity index (χ4v) is 3.77. The molecule has 0 saturated carbocycles. The highest BCUT2D eigenvalue weighted by atomic mass is 16.5. The van der Waals surface area contributed by atoms with Crippen molar-refractivity contribution in [1.82, 2.24) is 24.0 Å². The molecule has 0 aliphatic carbocycles. The van der Waals surface area contributed by atoms with Crippen molar-refractivity contribution in [2.75, 3.05) is 51.8 Å². The van der Waals surface area contributed by atoms with Crippen LogP contribution in [0.25, 0.3) is 11.2 Å². The lowest BCUT2D eigenvalue weighted by Crippen LogP contribution is -2.45. The van der Waals surface area contributed by atoms with Crippen molar-refractivity contribution in [2.24, 2.45) is 7.05 Å². The number of benzene rings is 1. The third-order valence-electron chi connectivity index (χ3n) is 5.67. The molecule has 0 radical (unpaired) electrons. The number of aromatic nitrogens is 4. The minimum absolute atomic E-state index is 0.0256. The molecule has 1 aliphatic heterocycles. The standard InChI is InChI=1S/C21H28N6O5/c1-24-8-10-26(11-9-24)20-22-18-17(19(29)23-21(30)25(18)2)27(20)12-14(28)13-32-16-6-4-15(31-3)5-7-16/h4-7,14,28H,8-13H2,1-3H3,(H,23,29,30). The van der Waals surface area contributed by atoms with Crippen molar-refractivity contribution in [3.8, 4) is 11.5 Å². The number of H-pyrrole nitrogens is 1. The number of aliphatic hydroxyl groups excluding tert-OH is 1. The highest BCUT2D eigenvalue weighted by Gasteiger charge is 2.25. The predicted molar refractivity (Wildman–Crippen MR) is 120 cm³/mol. The van der Waals surface area contributed by atoms with Gasteiger partial charge in [0.2, 0.25) is 5.95 Å². The summed E-state index contributed by atoms with van der Waals surface area (Å²) in [7, 11) is 5.20. The number of piperazine rings is 1. The molecule has 1 unspecified atom stereocenters. The number of imidazole rings is 1. The Kier molecular flexibility index (Phi) is 6.19. The monoisotopic (exact) mass is 444 g/mol. The molecular formula is C21H28N6O5. The van der Waals surface area contributed by atoms with Crippen molar-refractivity contribution in [3.05, 3.63) is 45.1 Å². The van der Waals surface area contributed by atoms with Crippen molar-refractivity contribution >= 4 is 17.1 Å². The number of rotatable bonds is 7. The van der Waals surface area contributed by atoms with E-state index in [0.717, 1.165) is 26.2 Å². The lowest BCUT2D eigenvalue weighted by Gasteiger charge is -2.33. The fraction of sp³-hybridized carbons (Fsp3) is 0.476. The van der Waals surface area contributed by atoms with Crippen LogP contribution in [0.3, 0.4) is 0 Å². The van der Waals surface area contributed by atoms with Gasteiger partial charge in [0.1, 0.15) is 24.2 Å². The van der Waals surface area contributed by atoms with Crippen LogP contribution in [-0.4, -0.2) is 82.2 Å². The highest BCUT2D eigenvalue weighted by molar-refractivity contribution is 5.74. The van der Waals surface area contributed by atoms with E-state index in [0.29, 0.717) is 17.4 Å². The molecular weight excluding hydrogens is 416 g/mol. The van der Waals surface area contributed by atoms with Crippen molar-refractivity contribution < 1.29 is 14.6 Å². The first kappa shape index (κ1) is 21.9. The van der Waals surface area contributed by atoms with Crippen molar-refractivity contribution in [3.63, 3.8) is 0 Å². The average Bonchev–Trinajstić information content (AvgIpc) is 3.16. The molecule has 3 aromatic rings. The lowest BCUT2D eigenvalue weighted by molar-refractivity contribution is 0.0935. The molecule has 0 bridgehead atoms. The Morgan fingerprint density at radius 3 is 2.41 bits per heavy atom. The predicted octanol–water partition coefficient (Wildman–Crippen LogP) is -0.376. The van der Waals surface area contributed by atoms with E-state index in [1.165, 1.54) is 4.57 Å². The topological polar surface area (TPSA) is 118 Å². The first-order valence-corrected chi connectivity index (χ1v) is 10.5. The molecule has 172 valence electrons. The molecule has 0 amide bonds. The molecule has 0 spiro atoms. The number of aryl methyl sites for hydroxylation is 1. The number of aliphatic hydroxyl groups is 1. The van der Waals surface area contributed by atoms with Crippen LogP contribution in [0.1, 0.15) is 0 Å². The van der Waals surface area contributed by atoms with Gasteiger partial charge in [-0.15, -0.1) is 0 Å². The van der Waals surface area contributed by atoms with Gasteiger partial charge in [0.15, 0.2) is 11.2 Å². The average molecular weight is 444 g/mol. The van der Waals surface area contributed by atoms with Gasteiger partial charge < -0.3 is 28.9 Å². The molecule has 2 aromatic heterocycles.